The summed E-state index contributed by atoms with van der Waals surface area (Å²) < 4.78 is 0. The van der Waals surface area contributed by atoms with Gasteiger partial charge in [0.05, 0.1) is 0 Å². The Kier molecular flexibility index (Phi) is 4.62. The van der Waals surface area contributed by atoms with Crippen molar-refractivity contribution in [1.82, 2.24) is 15.5 Å². The molecule has 1 amide bonds. The van der Waals surface area contributed by atoms with Crippen molar-refractivity contribution in [2.24, 2.45) is 5.92 Å². The molecule has 1 aliphatic carbocycles. The Morgan fingerprint density at radius 3 is 2.56 bits per heavy atom. The van der Waals surface area contributed by atoms with Crippen LogP contribution >= 0.6 is 0 Å². The Morgan fingerprint density at radius 2 is 2.00 bits per heavy atom. The third-order valence-electron chi connectivity index (χ3n) is 4.38. The molecule has 0 aromatic carbocycles. The van der Waals surface area contributed by atoms with Crippen molar-refractivity contribution >= 4 is 5.91 Å². The fraction of sp³-hybridized carbons (Fsp3) is 0.929. The van der Waals surface area contributed by atoms with Crippen LogP contribution in [0.2, 0.25) is 0 Å². The van der Waals surface area contributed by atoms with Crippen molar-refractivity contribution in [2.45, 2.75) is 45.1 Å². The molecule has 0 aromatic rings. The number of amides is 1. The van der Waals surface area contributed by atoms with E-state index in [0.717, 1.165) is 38.6 Å². The Morgan fingerprint density at radius 1 is 1.33 bits per heavy atom. The fourth-order valence-corrected chi connectivity index (χ4v) is 2.79. The Balaban J connectivity index is 1.72. The van der Waals surface area contributed by atoms with Crippen LogP contribution in [0.4, 0.5) is 0 Å². The summed E-state index contributed by atoms with van der Waals surface area (Å²) in [6, 6.07) is 0. The summed E-state index contributed by atoms with van der Waals surface area (Å²) in [4.78, 5) is 14.4. The first-order valence-corrected chi connectivity index (χ1v) is 7.30. The summed E-state index contributed by atoms with van der Waals surface area (Å²) in [7, 11) is 0. The van der Waals surface area contributed by atoms with Crippen LogP contribution in [-0.2, 0) is 4.79 Å². The van der Waals surface area contributed by atoms with Gasteiger partial charge in [0, 0.05) is 44.7 Å². The minimum Gasteiger partial charge on any atom is -0.356 e. The minimum absolute atomic E-state index is 0.0220. The summed E-state index contributed by atoms with van der Waals surface area (Å²) in [6.45, 7) is 9.41. The highest BCUT2D eigenvalue weighted by Gasteiger charge is 2.30. The molecule has 0 aromatic heterocycles. The SMILES string of the molecule is CC(C)(CC(=O)NCC1CCC1)N1CCNCC1. The monoisotopic (exact) mass is 253 g/mol. The average Bonchev–Trinajstić information content (AvgIpc) is 2.27. The van der Waals surface area contributed by atoms with Gasteiger partial charge in [-0.05, 0) is 32.6 Å². The minimum atomic E-state index is -0.0220. The maximum Gasteiger partial charge on any atom is 0.221 e. The van der Waals surface area contributed by atoms with Crippen molar-refractivity contribution in [1.29, 1.82) is 0 Å². The second kappa shape index (κ2) is 6.02. The first kappa shape index (κ1) is 13.8. The zero-order valence-electron chi connectivity index (χ0n) is 11.8. The molecule has 0 bridgehead atoms. The lowest BCUT2D eigenvalue weighted by atomic mass is 9.85. The Hall–Kier alpha value is -0.610. The van der Waals surface area contributed by atoms with E-state index in [-0.39, 0.29) is 11.4 Å². The number of carbonyl (C=O) groups excluding carboxylic acids is 1. The van der Waals surface area contributed by atoms with Crippen molar-refractivity contribution in [3.8, 4) is 0 Å². The van der Waals surface area contributed by atoms with Crippen molar-refractivity contribution in [3.63, 3.8) is 0 Å². The van der Waals surface area contributed by atoms with E-state index in [1.54, 1.807) is 0 Å². The second-order valence-electron chi connectivity index (χ2n) is 6.33. The van der Waals surface area contributed by atoms with E-state index in [2.05, 4.69) is 29.4 Å². The van der Waals surface area contributed by atoms with Crippen LogP contribution in [0.3, 0.4) is 0 Å². The van der Waals surface area contributed by atoms with Crippen molar-refractivity contribution < 1.29 is 4.79 Å². The smallest absolute Gasteiger partial charge is 0.221 e. The molecule has 18 heavy (non-hydrogen) atoms. The summed E-state index contributed by atoms with van der Waals surface area (Å²) in [5, 5.41) is 6.45. The zero-order chi connectivity index (χ0) is 13.0. The number of hydrogen-bond donors (Lipinski definition) is 2. The Labute approximate surface area is 110 Å². The summed E-state index contributed by atoms with van der Waals surface area (Å²) in [5.41, 5.74) is -0.0220. The van der Waals surface area contributed by atoms with Gasteiger partial charge in [-0.1, -0.05) is 6.42 Å². The molecular formula is C14H27N3O. The maximum atomic E-state index is 12.0. The van der Waals surface area contributed by atoms with Gasteiger partial charge in [-0.15, -0.1) is 0 Å². The summed E-state index contributed by atoms with van der Waals surface area (Å²) >= 11 is 0. The number of carbonyl (C=O) groups is 1. The lowest BCUT2D eigenvalue weighted by molar-refractivity contribution is -0.124. The van der Waals surface area contributed by atoms with Crippen LogP contribution in [0.25, 0.3) is 0 Å². The second-order valence-corrected chi connectivity index (χ2v) is 6.33. The van der Waals surface area contributed by atoms with Crippen molar-refractivity contribution in [3.05, 3.63) is 0 Å². The van der Waals surface area contributed by atoms with Gasteiger partial charge < -0.3 is 10.6 Å². The van der Waals surface area contributed by atoms with Crippen LogP contribution in [0.15, 0.2) is 0 Å². The highest BCUT2D eigenvalue weighted by Crippen LogP contribution is 2.25. The standard InChI is InChI=1S/C14H27N3O/c1-14(2,17-8-6-15-7-9-17)10-13(18)16-11-12-4-3-5-12/h12,15H,3-11H2,1-2H3,(H,16,18). The van der Waals surface area contributed by atoms with Gasteiger partial charge in [-0.2, -0.15) is 0 Å². The number of rotatable bonds is 5. The first-order chi connectivity index (χ1) is 8.58. The van der Waals surface area contributed by atoms with Crippen LogP contribution in [0.5, 0.6) is 0 Å². The van der Waals surface area contributed by atoms with E-state index in [1.165, 1.54) is 19.3 Å². The molecule has 104 valence electrons. The maximum absolute atomic E-state index is 12.0. The number of hydrogen-bond acceptors (Lipinski definition) is 3. The van der Waals surface area contributed by atoms with E-state index in [9.17, 15) is 4.79 Å². The van der Waals surface area contributed by atoms with Gasteiger partial charge in [-0.3, -0.25) is 9.69 Å². The van der Waals surface area contributed by atoms with Crippen LogP contribution in [0.1, 0.15) is 39.5 Å². The number of nitrogens with zero attached hydrogens (tertiary/aromatic N) is 1. The van der Waals surface area contributed by atoms with E-state index in [0.29, 0.717) is 6.42 Å². The molecule has 4 nitrogen and oxygen atoms in total. The third-order valence-corrected chi connectivity index (χ3v) is 4.38. The molecule has 2 fully saturated rings. The highest BCUT2D eigenvalue weighted by molar-refractivity contribution is 5.77. The van der Waals surface area contributed by atoms with Gasteiger partial charge in [-0.25, -0.2) is 0 Å². The predicted molar refractivity (Wildman–Crippen MR) is 73.5 cm³/mol. The van der Waals surface area contributed by atoms with Crippen molar-refractivity contribution in [2.75, 3.05) is 32.7 Å². The van der Waals surface area contributed by atoms with Crippen LogP contribution < -0.4 is 10.6 Å². The lowest BCUT2D eigenvalue weighted by Crippen LogP contribution is -2.55. The van der Waals surface area contributed by atoms with Gasteiger partial charge in [0.1, 0.15) is 0 Å². The molecule has 0 spiro atoms. The van der Waals surface area contributed by atoms with E-state index >= 15 is 0 Å². The molecule has 0 unspecified atom stereocenters. The molecule has 1 saturated heterocycles. The number of nitrogens with one attached hydrogen (secondary N) is 2. The van der Waals surface area contributed by atoms with Crippen LogP contribution in [-0.4, -0.2) is 49.1 Å². The molecule has 2 rings (SSSR count). The normalized spacial score (nSPS) is 22.6. The summed E-state index contributed by atoms with van der Waals surface area (Å²) in [5.74, 6) is 0.960. The predicted octanol–water partition coefficient (Wildman–Crippen LogP) is 0.977. The van der Waals surface area contributed by atoms with Crippen LogP contribution in [0, 0.1) is 5.92 Å². The molecular weight excluding hydrogens is 226 g/mol. The molecule has 1 saturated carbocycles. The van der Waals surface area contributed by atoms with Gasteiger partial charge in [0.25, 0.3) is 0 Å². The first-order valence-electron chi connectivity index (χ1n) is 7.30. The molecule has 2 aliphatic rings. The van der Waals surface area contributed by atoms with Gasteiger partial charge in [0.2, 0.25) is 5.91 Å². The van der Waals surface area contributed by atoms with E-state index < -0.39 is 0 Å². The van der Waals surface area contributed by atoms with Gasteiger partial charge in [0.15, 0.2) is 0 Å². The Bertz CT molecular complexity index is 281. The molecule has 0 radical (unpaired) electrons. The van der Waals surface area contributed by atoms with E-state index in [1.807, 2.05) is 0 Å². The lowest BCUT2D eigenvalue weighted by Gasteiger charge is -2.41. The number of piperazine rings is 1. The third kappa shape index (κ3) is 3.69. The molecule has 4 heteroatoms. The van der Waals surface area contributed by atoms with E-state index in [4.69, 9.17) is 0 Å². The quantitative estimate of drug-likeness (QED) is 0.767. The average molecular weight is 253 g/mol. The zero-order valence-corrected chi connectivity index (χ0v) is 11.8. The summed E-state index contributed by atoms with van der Waals surface area (Å²) in [6.07, 6.45) is 4.54. The largest absolute Gasteiger partial charge is 0.356 e. The highest BCUT2D eigenvalue weighted by atomic mass is 16.1. The molecule has 0 atom stereocenters. The fourth-order valence-electron chi connectivity index (χ4n) is 2.79. The molecule has 1 heterocycles. The molecule has 1 aliphatic heterocycles. The molecule has 2 N–H and O–H groups in total. The topological polar surface area (TPSA) is 44.4 Å². The van der Waals surface area contributed by atoms with Gasteiger partial charge >= 0.3 is 0 Å².